The molecule has 1 N–H and O–H groups in total. The molecule has 2 aromatic rings. The average molecular weight is 512 g/mol. The van der Waals surface area contributed by atoms with Gasteiger partial charge in [0.2, 0.25) is 0 Å². The largest absolute Gasteiger partial charge is 0.498 e. The number of pyridine rings is 1. The van der Waals surface area contributed by atoms with Crippen LogP contribution >= 0.6 is 11.6 Å². The Morgan fingerprint density at radius 2 is 1.86 bits per heavy atom. The van der Waals surface area contributed by atoms with E-state index in [2.05, 4.69) is 15.0 Å². The normalized spacial score (nSPS) is 21.3. The van der Waals surface area contributed by atoms with Crippen molar-refractivity contribution in [1.82, 2.24) is 4.98 Å². The van der Waals surface area contributed by atoms with Gasteiger partial charge in [0.15, 0.2) is 0 Å². The number of nitrogens with zero attached hydrogens (tertiary/aromatic N) is 2. The van der Waals surface area contributed by atoms with E-state index in [4.69, 9.17) is 20.9 Å². The Balaban J connectivity index is 1.59. The first-order valence-corrected chi connectivity index (χ1v) is 11.5. The summed E-state index contributed by atoms with van der Waals surface area (Å²) in [5.74, 6) is -0.138. The monoisotopic (exact) mass is 511 g/mol. The van der Waals surface area contributed by atoms with Gasteiger partial charge < -0.3 is 24.3 Å². The fraction of sp³-hybridized carbons (Fsp3) is 0.478. The van der Waals surface area contributed by atoms with Gasteiger partial charge in [-0.2, -0.15) is 0 Å². The molecule has 0 unspecified atom stereocenters. The van der Waals surface area contributed by atoms with Gasteiger partial charge in [-0.25, -0.2) is 9.37 Å². The zero-order valence-electron chi connectivity index (χ0n) is 19.8. The third-order valence-corrected chi connectivity index (χ3v) is 6.52. The minimum Gasteiger partial charge on any atom is -0.420 e. The number of anilines is 2. The Morgan fingerprint density at radius 1 is 1.23 bits per heavy atom. The minimum atomic E-state index is -3.83. The lowest BCUT2D eigenvalue weighted by Gasteiger charge is -2.32. The van der Waals surface area contributed by atoms with Crippen molar-refractivity contribution in [3.05, 3.63) is 42.1 Å². The van der Waals surface area contributed by atoms with Gasteiger partial charge in [0.1, 0.15) is 17.7 Å². The van der Waals surface area contributed by atoms with Crippen molar-refractivity contribution in [2.75, 3.05) is 23.3 Å². The fourth-order valence-corrected chi connectivity index (χ4v) is 3.95. The number of benzene rings is 1. The molecule has 2 aliphatic heterocycles. The first-order valence-electron chi connectivity index (χ1n) is 11.2. The Labute approximate surface area is 207 Å². The molecule has 0 saturated carbocycles. The van der Waals surface area contributed by atoms with Gasteiger partial charge in [-0.3, -0.25) is 4.79 Å². The number of carbonyl (C=O) groups is 1. The van der Waals surface area contributed by atoms with Gasteiger partial charge in [-0.1, -0.05) is 0 Å². The summed E-state index contributed by atoms with van der Waals surface area (Å²) in [6.45, 7) is 8.34. The summed E-state index contributed by atoms with van der Waals surface area (Å²) in [5.41, 5.74) is -3.98. The first kappa shape index (κ1) is 25.6. The standard InChI is InChI=1S/C23H26BClF3N3O4/c1-21(2)22(3,4)35-24(34-21)18-11-14(12-29-19(18)31-10-9-15(26)13-31)20(32)30-16-5-7-17(8-6-16)33-23(25,27)28/h5-8,11-12,15H,9-10,13H2,1-4H3,(H,30,32)/t15-/m1/s1. The predicted octanol–water partition coefficient (Wildman–Crippen LogP) is 4.35. The van der Waals surface area contributed by atoms with Crippen molar-refractivity contribution in [2.24, 2.45) is 0 Å². The third-order valence-electron chi connectivity index (χ3n) is 6.44. The van der Waals surface area contributed by atoms with Crippen LogP contribution in [0.25, 0.3) is 0 Å². The molecular weight excluding hydrogens is 486 g/mol. The molecule has 2 saturated heterocycles. The Bertz CT molecular complexity index is 1080. The SMILES string of the molecule is CC1(C)OB(c2cc(C(=O)Nc3ccc(OC(F)(F)Cl)cc3)cnc2N2CC[C@@H](F)C2)OC1(C)C. The van der Waals surface area contributed by atoms with Crippen LogP contribution in [-0.2, 0) is 9.31 Å². The van der Waals surface area contributed by atoms with Crippen LogP contribution in [0.5, 0.6) is 5.75 Å². The van der Waals surface area contributed by atoms with Crippen LogP contribution < -0.4 is 20.4 Å². The minimum absolute atomic E-state index is 0.158. The molecule has 12 heteroatoms. The number of aromatic nitrogens is 1. The van der Waals surface area contributed by atoms with Gasteiger partial charge in [0, 0.05) is 35.5 Å². The van der Waals surface area contributed by atoms with E-state index in [0.717, 1.165) is 0 Å². The lowest BCUT2D eigenvalue weighted by atomic mass is 9.78. The third kappa shape index (κ3) is 5.68. The number of alkyl halides is 4. The number of nitrogens with one attached hydrogen (secondary N) is 1. The fourth-order valence-electron chi connectivity index (χ4n) is 3.86. The van der Waals surface area contributed by atoms with E-state index in [1.165, 1.54) is 30.5 Å². The first-order chi connectivity index (χ1) is 16.2. The second kappa shape index (κ2) is 9.18. The smallest absolute Gasteiger partial charge is 0.420 e. The number of ether oxygens (including phenoxy) is 1. The van der Waals surface area contributed by atoms with Gasteiger partial charge in [0.25, 0.3) is 5.91 Å². The molecule has 188 valence electrons. The summed E-state index contributed by atoms with van der Waals surface area (Å²) in [6.07, 6.45) is 0.829. The summed E-state index contributed by atoms with van der Waals surface area (Å²) in [7, 11) is -0.803. The van der Waals surface area contributed by atoms with Crippen LogP contribution in [0.3, 0.4) is 0 Å². The van der Waals surface area contributed by atoms with Crippen molar-refractivity contribution in [3.63, 3.8) is 0 Å². The molecule has 2 fully saturated rings. The maximum absolute atomic E-state index is 13.9. The van der Waals surface area contributed by atoms with Gasteiger partial charge in [-0.15, -0.1) is 8.78 Å². The highest BCUT2D eigenvalue weighted by Crippen LogP contribution is 2.37. The average Bonchev–Trinajstić information content (AvgIpc) is 3.27. The molecule has 2 aliphatic rings. The second-order valence-electron chi connectivity index (χ2n) is 9.58. The molecule has 35 heavy (non-hydrogen) atoms. The lowest BCUT2D eigenvalue weighted by Crippen LogP contribution is -2.41. The van der Waals surface area contributed by atoms with E-state index >= 15 is 0 Å². The zero-order valence-corrected chi connectivity index (χ0v) is 20.5. The Morgan fingerprint density at radius 3 is 2.40 bits per heavy atom. The quantitative estimate of drug-likeness (QED) is 0.459. The van der Waals surface area contributed by atoms with Crippen LogP contribution in [0.4, 0.5) is 24.7 Å². The molecule has 0 spiro atoms. The van der Waals surface area contributed by atoms with E-state index in [9.17, 15) is 18.0 Å². The number of carbonyl (C=O) groups excluding carboxylic acids is 1. The molecule has 1 aromatic heterocycles. The van der Waals surface area contributed by atoms with Crippen molar-refractivity contribution < 1.29 is 32.0 Å². The summed E-state index contributed by atoms with van der Waals surface area (Å²) < 4.78 is 56.1. The number of hydrogen-bond acceptors (Lipinski definition) is 6. The van der Waals surface area contributed by atoms with E-state index in [1.54, 1.807) is 6.07 Å². The second-order valence-corrected chi connectivity index (χ2v) is 10.0. The molecule has 3 heterocycles. The van der Waals surface area contributed by atoms with Gasteiger partial charge in [0.05, 0.1) is 23.3 Å². The molecule has 0 radical (unpaired) electrons. The van der Waals surface area contributed by atoms with Gasteiger partial charge in [-0.05, 0) is 64.4 Å². The van der Waals surface area contributed by atoms with Crippen LogP contribution in [-0.4, -0.2) is 54.0 Å². The zero-order chi connectivity index (χ0) is 25.6. The van der Waals surface area contributed by atoms with Crippen molar-refractivity contribution in [2.45, 2.75) is 57.1 Å². The Kier molecular flexibility index (Phi) is 6.71. The molecule has 1 aromatic carbocycles. The maximum Gasteiger partial charge on any atom is 0.498 e. The van der Waals surface area contributed by atoms with Crippen LogP contribution in [0.15, 0.2) is 36.5 Å². The highest BCUT2D eigenvalue weighted by molar-refractivity contribution is 6.64. The Hall–Kier alpha value is -2.50. The molecule has 0 aliphatic carbocycles. The number of amides is 1. The number of hydrogen-bond donors (Lipinski definition) is 1. The number of rotatable bonds is 6. The summed E-state index contributed by atoms with van der Waals surface area (Å²) in [5, 5.41) is 2.68. The molecule has 4 rings (SSSR count). The van der Waals surface area contributed by atoms with Gasteiger partial charge >= 0.3 is 12.7 Å². The predicted molar refractivity (Wildman–Crippen MR) is 128 cm³/mol. The van der Waals surface area contributed by atoms with Crippen LogP contribution in [0.1, 0.15) is 44.5 Å². The summed E-state index contributed by atoms with van der Waals surface area (Å²) in [4.78, 5) is 19.2. The molecular formula is C23H26BClF3N3O4. The van der Waals surface area contributed by atoms with Crippen LogP contribution in [0.2, 0.25) is 0 Å². The van der Waals surface area contributed by atoms with E-state index < -0.39 is 36.0 Å². The molecule has 1 amide bonds. The lowest BCUT2D eigenvalue weighted by molar-refractivity contribution is -0.0964. The van der Waals surface area contributed by atoms with Crippen LogP contribution in [0, 0.1) is 0 Å². The van der Waals surface area contributed by atoms with E-state index in [0.29, 0.717) is 29.9 Å². The summed E-state index contributed by atoms with van der Waals surface area (Å²) in [6, 6.07) is 6.93. The number of halogens is 4. The molecule has 1 atom stereocenters. The maximum atomic E-state index is 13.9. The van der Waals surface area contributed by atoms with Crippen molar-refractivity contribution >= 4 is 41.6 Å². The highest BCUT2D eigenvalue weighted by atomic mass is 35.5. The topological polar surface area (TPSA) is 72.9 Å². The van der Waals surface area contributed by atoms with E-state index in [-0.39, 0.29) is 17.9 Å². The van der Waals surface area contributed by atoms with Crippen molar-refractivity contribution in [1.29, 1.82) is 0 Å². The molecule has 0 bridgehead atoms. The summed E-state index contributed by atoms with van der Waals surface area (Å²) >= 11 is 4.77. The molecule has 7 nitrogen and oxygen atoms in total. The van der Waals surface area contributed by atoms with E-state index in [1.807, 2.05) is 32.6 Å². The highest BCUT2D eigenvalue weighted by Gasteiger charge is 2.53. The van der Waals surface area contributed by atoms with Crippen molar-refractivity contribution in [3.8, 4) is 5.75 Å².